The van der Waals surface area contributed by atoms with Crippen LogP contribution in [0, 0.1) is 0 Å². The second kappa shape index (κ2) is 5.54. The fraction of sp³-hybridized carbons (Fsp3) is 0.385. The topological polar surface area (TPSA) is 65.1 Å². The highest BCUT2D eigenvalue weighted by Crippen LogP contribution is 2.13. The number of rotatable bonds is 5. The standard InChI is InChI=1S/C13H15N5OS/c1-2-3-4-12-15-10(9-20-12)8-18-13(19)17-6-5-14-7-11(17)16-18/h5-7,9H,2-4,8H2,1H3. The molecule has 20 heavy (non-hydrogen) atoms. The number of fused-ring (bicyclic) bond motifs is 1. The van der Waals surface area contributed by atoms with Gasteiger partial charge in [-0.05, 0) is 12.8 Å². The van der Waals surface area contributed by atoms with Gasteiger partial charge in [0.1, 0.15) is 0 Å². The van der Waals surface area contributed by atoms with Crippen LogP contribution in [0.25, 0.3) is 5.65 Å². The molecule has 0 saturated carbocycles. The molecule has 3 heterocycles. The average molecular weight is 289 g/mol. The largest absolute Gasteiger partial charge is 0.350 e. The highest BCUT2D eigenvalue weighted by molar-refractivity contribution is 7.09. The van der Waals surface area contributed by atoms with Crippen LogP contribution >= 0.6 is 11.3 Å². The van der Waals surface area contributed by atoms with Crippen LogP contribution in [0.3, 0.4) is 0 Å². The van der Waals surface area contributed by atoms with E-state index in [0.717, 1.165) is 30.0 Å². The van der Waals surface area contributed by atoms with E-state index in [4.69, 9.17) is 0 Å². The molecule has 0 amide bonds. The molecule has 0 aliphatic carbocycles. The number of unbranched alkanes of at least 4 members (excludes halogenated alkanes) is 1. The lowest BCUT2D eigenvalue weighted by Gasteiger charge is -1.95. The summed E-state index contributed by atoms with van der Waals surface area (Å²) >= 11 is 1.65. The van der Waals surface area contributed by atoms with Crippen LogP contribution in [0.1, 0.15) is 30.5 Å². The van der Waals surface area contributed by atoms with Gasteiger partial charge in [-0.1, -0.05) is 13.3 Å². The Kier molecular flexibility index (Phi) is 3.60. The summed E-state index contributed by atoms with van der Waals surface area (Å²) in [4.78, 5) is 20.6. The zero-order valence-electron chi connectivity index (χ0n) is 11.2. The van der Waals surface area contributed by atoms with Gasteiger partial charge in [0.2, 0.25) is 0 Å². The van der Waals surface area contributed by atoms with E-state index >= 15 is 0 Å². The molecule has 3 rings (SSSR count). The molecule has 0 bridgehead atoms. The highest BCUT2D eigenvalue weighted by atomic mass is 32.1. The molecule has 0 aromatic carbocycles. The lowest BCUT2D eigenvalue weighted by atomic mass is 10.3. The Bertz CT molecular complexity index is 772. The molecular formula is C13H15N5OS. The second-order valence-corrected chi connectivity index (χ2v) is 5.52. The summed E-state index contributed by atoms with van der Waals surface area (Å²) in [6.45, 7) is 2.57. The van der Waals surface area contributed by atoms with Gasteiger partial charge in [0.15, 0.2) is 5.65 Å². The number of nitrogens with zero attached hydrogens (tertiary/aromatic N) is 5. The van der Waals surface area contributed by atoms with Crippen molar-refractivity contribution in [3.8, 4) is 0 Å². The van der Waals surface area contributed by atoms with Crippen LogP contribution in [0.2, 0.25) is 0 Å². The molecule has 0 fully saturated rings. The van der Waals surface area contributed by atoms with E-state index < -0.39 is 0 Å². The number of thiazole rings is 1. The van der Waals surface area contributed by atoms with Crippen molar-refractivity contribution in [3.05, 3.63) is 45.2 Å². The number of hydrogen-bond acceptors (Lipinski definition) is 5. The predicted molar refractivity (Wildman–Crippen MR) is 77.1 cm³/mol. The summed E-state index contributed by atoms with van der Waals surface area (Å²) in [6.07, 6.45) is 8.08. The Morgan fingerprint density at radius 3 is 3.10 bits per heavy atom. The smallest absolute Gasteiger partial charge is 0.259 e. The van der Waals surface area contributed by atoms with Crippen LogP contribution in [-0.4, -0.2) is 24.1 Å². The van der Waals surface area contributed by atoms with Crippen molar-refractivity contribution in [1.29, 1.82) is 0 Å². The molecule has 3 aromatic rings. The first kappa shape index (κ1) is 13.0. The number of aromatic nitrogens is 5. The van der Waals surface area contributed by atoms with Crippen LogP contribution in [0.4, 0.5) is 0 Å². The molecule has 0 unspecified atom stereocenters. The minimum Gasteiger partial charge on any atom is -0.259 e. The fourth-order valence-corrected chi connectivity index (χ4v) is 2.83. The lowest BCUT2D eigenvalue weighted by Crippen LogP contribution is -2.21. The van der Waals surface area contributed by atoms with E-state index in [1.807, 2.05) is 5.38 Å². The second-order valence-electron chi connectivity index (χ2n) is 4.58. The normalized spacial score (nSPS) is 11.2. The molecule has 0 radical (unpaired) electrons. The van der Waals surface area contributed by atoms with Crippen molar-refractivity contribution in [3.63, 3.8) is 0 Å². The Hall–Kier alpha value is -2.02. The summed E-state index contributed by atoms with van der Waals surface area (Å²) in [7, 11) is 0. The van der Waals surface area contributed by atoms with Gasteiger partial charge in [0.05, 0.1) is 23.4 Å². The van der Waals surface area contributed by atoms with Gasteiger partial charge in [0.25, 0.3) is 0 Å². The van der Waals surface area contributed by atoms with Gasteiger partial charge < -0.3 is 0 Å². The van der Waals surface area contributed by atoms with E-state index in [9.17, 15) is 4.79 Å². The monoisotopic (exact) mass is 289 g/mol. The van der Waals surface area contributed by atoms with Gasteiger partial charge in [-0.25, -0.2) is 18.9 Å². The van der Waals surface area contributed by atoms with Crippen molar-refractivity contribution in [2.45, 2.75) is 32.7 Å². The average Bonchev–Trinajstić information content (AvgIpc) is 3.03. The first-order chi connectivity index (χ1) is 9.78. The molecule has 0 aliphatic heterocycles. The highest BCUT2D eigenvalue weighted by Gasteiger charge is 2.09. The summed E-state index contributed by atoms with van der Waals surface area (Å²) in [5.41, 5.74) is 1.28. The number of aryl methyl sites for hydroxylation is 1. The van der Waals surface area contributed by atoms with Crippen molar-refractivity contribution in [2.24, 2.45) is 0 Å². The van der Waals surface area contributed by atoms with Crippen molar-refractivity contribution in [2.75, 3.05) is 0 Å². The molecule has 3 aromatic heterocycles. The SMILES string of the molecule is CCCCc1nc(Cn2nc3cnccn3c2=O)cs1. The molecule has 0 saturated heterocycles. The summed E-state index contributed by atoms with van der Waals surface area (Å²) in [6, 6.07) is 0. The minimum atomic E-state index is -0.162. The summed E-state index contributed by atoms with van der Waals surface area (Å²) in [5, 5.41) is 7.37. The van der Waals surface area contributed by atoms with Crippen LogP contribution in [0.15, 0.2) is 28.8 Å². The third kappa shape index (κ3) is 2.49. The van der Waals surface area contributed by atoms with Gasteiger partial charge >= 0.3 is 5.69 Å². The predicted octanol–water partition coefficient (Wildman–Crippen LogP) is 1.74. The molecular weight excluding hydrogens is 274 g/mol. The maximum atomic E-state index is 12.1. The molecule has 6 nitrogen and oxygen atoms in total. The van der Waals surface area contributed by atoms with E-state index in [2.05, 4.69) is 22.0 Å². The molecule has 104 valence electrons. The van der Waals surface area contributed by atoms with Crippen molar-refractivity contribution in [1.82, 2.24) is 24.1 Å². The molecule has 0 atom stereocenters. The first-order valence-electron chi connectivity index (χ1n) is 6.60. The lowest BCUT2D eigenvalue weighted by molar-refractivity contribution is 0.646. The first-order valence-corrected chi connectivity index (χ1v) is 7.48. The molecule has 0 spiro atoms. The van der Waals surface area contributed by atoms with Crippen LogP contribution in [0.5, 0.6) is 0 Å². The molecule has 7 heteroatoms. The van der Waals surface area contributed by atoms with Crippen molar-refractivity contribution < 1.29 is 0 Å². The van der Waals surface area contributed by atoms with E-state index in [-0.39, 0.29) is 5.69 Å². The van der Waals surface area contributed by atoms with E-state index in [1.165, 1.54) is 9.08 Å². The maximum absolute atomic E-state index is 12.1. The van der Waals surface area contributed by atoms with Gasteiger partial charge in [-0.3, -0.25) is 4.98 Å². The summed E-state index contributed by atoms with van der Waals surface area (Å²) in [5.74, 6) is 0. The van der Waals surface area contributed by atoms with Crippen LogP contribution < -0.4 is 5.69 Å². The zero-order valence-corrected chi connectivity index (χ0v) is 12.0. The molecule has 0 aliphatic rings. The quantitative estimate of drug-likeness (QED) is 0.717. The van der Waals surface area contributed by atoms with Crippen molar-refractivity contribution >= 4 is 17.0 Å². The Balaban J connectivity index is 1.84. The van der Waals surface area contributed by atoms with Crippen LogP contribution in [-0.2, 0) is 13.0 Å². The Morgan fingerprint density at radius 1 is 1.40 bits per heavy atom. The van der Waals surface area contributed by atoms with E-state index in [0.29, 0.717) is 12.2 Å². The Morgan fingerprint density at radius 2 is 2.30 bits per heavy atom. The summed E-state index contributed by atoms with van der Waals surface area (Å²) < 4.78 is 2.91. The van der Waals surface area contributed by atoms with E-state index in [1.54, 1.807) is 29.9 Å². The third-order valence-corrected chi connectivity index (χ3v) is 4.00. The van der Waals surface area contributed by atoms with Gasteiger partial charge in [-0.15, -0.1) is 16.4 Å². The maximum Gasteiger partial charge on any atom is 0.350 e. The third-order valence-electron chi connectivity index (χ3n) is 3.04. The van der Waals surface area contributed by atoms with Gasteiger partial charge in [-0.2, -0.15) is 0 Å². The zero-order chi connectivity index (χ0) is 13.9. The fourth-order valence-electron chi connectivity index (χ4n) is 2.00. The van der Waals surface area contributed by atoms with Gasteiger partial charge in [0, 0.05) is 17.8 Å². The minimum absolute atomic E-state index is 0.162. The molecule has 0 N–H and O–H groups in total. The number of hydrogen-bond donors (Lipinski definition) is 0. The Labute approximate surface area is 119 Å².